The Bertz CT molecular complexity index is 771. The molecule has 1 heterocycles. The number of nitrogens with two attached hydrogens (primary N) is 1. The van der Waals surface area contributed by atoms with E-state index in [2.05, 4.69) is 21.0 Å². The number of nitrogen functional groups attached to an aromatic ring is 1. The van der Waals surface area contributed by atoms with Crippen molar-refractivity contribution in [3.05, 3.63) is 39.1 Å². The van der Waals surface area contributed by atoms with Gasteiger partial charge in [0.25, 0.3) is 0 Å². The van der Waals surface area contributed by atoms with E-state index in [-0.39, 0.29) is 16.3 Å². The first-order valence-electron chi connectivity index (χ1n) is 5.68. The first-order valence-corrected chi connectivity index (χ1v) is 8.50. The molecule has 1 aromatic heterocycles. The van der Waals surface area contributed by atoms with Crippen molar-refractivity contribution >= 4 is 43.1 Å². The van der Waals surface area contributed by atoms with Gasteiger partial charge in [0, 0.05) is 11.5 Å². The van der Waals surface area contributed by atoms with Crippen LogP contribution in [0.2, 0.25) is 5.02 Å². The minimum atomic E-state index is -3.60. The molecular weight excluding hydrogens is 366 g/mol. The van der Waals surface area contributed by atoms with Crippen LogP contribution in [0.25, 0.3) is 0 Å². The van der Waals surface area contributed by atoms with Crippen molar-refractivity contribution < 1.29 is 8.42 Å². The van der Waals surface area contributed by atoms with Crippen LogP contribution in [0.3, 0.4) is 0 Å². The maximum atomic E-state index is 12.5. The zero-order valence-corrected chi connectivity index (χ0v) is 14.1. The summed E-state index contributed by atoms with van der Waals surface area (Å²) in [6.45, 7) is 1.73. The largest absolute Gasteiger partial charge is 0.398 e. The van der Waals surface area contributed by atoms with E-state index in [0.717, 1.165) is 0 Å². The smallest absolute Gasteiger partial charge is 0.186 e. The fourth-order valence-corrected chi connectivity index (χ4v) is 4.27. The molecule has 0 spiro atoms. The predicted octanol–water partition coefficient (Wildman–Crippen LogP) is 2.70. The Morgan fingerprint density at radius 3 is 2.65 bits per heavy atom. The maximum absolute atomic E-state index is 12.5. The first kappa shape index (κ1) is 15.3. The van der Waals surface area contributed by atoms with E-state index in [1.807, 2.05) is 0 Å². The van der Waals surface area contributed by atoms with E-state index in [9.17, 15) is 8.42 Å². The second-order valence-corrected chi connectivity index (χ2v) is 7.66. The molecule has 0 saturated carbocycles. The molecule has 0 amide bonds. The van der Waals surface area contributed by atoms with Crippen LogP contribution >= 0.6 is 27.5 Å². The van der Waals surface area contributed by atoms with E-state index < -0.39 is 9.84 Å². The third-order valence-corrected chi connectivity index (χ3v) is 5.56. The van der Waals surface area contributed by atoms with Crippen LogP contribution in [0.15, 0.2) is 27.6 Å². The van der Waals surface area contributed by atoms with Crippen molar-refractivity contribution in [1.29, 1.82) is 0 Å². The average Bonchev–Trinajstić information content (AvgIpc) is 2.59. The lowest BCUT2D eigenvalue weighted by molar-refractivity contribution is 0.592. The second-order valence-electron chi connectivity index (χ2n) is 4.41. The zero-order chi connectivity index (χ0) is 15.1. The molecule has 8 heteroatoms. The number of halogens is 2. The molecule has 108 valence electrons. The molecule has 5 nitrogen and oxygen atoms in total. The number of sulfone groups is 1. The van der Waals surface area contributed by atoms with E-state index in [0.29, 0.717) is 20.9 Å². The maximum Gasteiger partial charge on any atom is 0.186 e. The summed E-state index contributed by atoms with van der Waals surface area (Å²) in [6, 6.07) is 4.73. The topological polar surface area (TPSA) is 78.0 Å². The Balaban J connectivity index is 2.49. The van der Waals surface area contributed by atoms with Crippen molar-refractivity contribution in [2.75, 3.05) is 5.73 Å². The molecule has 0 radical (unpaired) electrons. The normalized spacial score (nSPS) is 11.8. The molecule has 0 aliphatic heterocycles. The quantitative estimate of drug-likeness (QED) is 0.833. The van der Waals surface area contributed by atoms with Crippen molar-refractivity contribution in [3.8, 4) is 0 Å². The third-order valence-electron chi connectivity index (χ3n) is 2.90. The number of nitrogens with zero attached hydrogens (tertiary/aromatic N) is 2. The van der Waals surface area contributed by atoms with Crippen LogP contribution in [0.5, 0.6) is 0 Å². The molecule has 2 N–H and O–H groups in total. The van der Waals surface area contributed by atoms with Gasteiger partial charge in [0.1, 0.15) is 0 Å². The van der Waals surface area contributed by atoms with Gasteiger partial charge in [-0.25, -0.2) is 8.42 Å². The van der Waals surface area contributed by atoms with Gasteiger partial charge in [-0.3, -0.25) is 4.68 Å². The molecule has 0 fully saturated rings. The van der Waals surface area contributed by atoms with Gasteiger partial charge >= 0.3 is 0 Å². The number of rotatable bonds is 3. The number of anilines is 1. The number of aromatic nitrogens is 2. The molecule has 0 aliphatic carbocycles. The summed E-state index contributed by atoms with van der Waals surface area (Å²) in [7, 11) is -1.94. The fraction of sp³-hybridized carbons (Fsp3) is 0.250. The molecule has 0 saturated heterocycles. The Kier molecular flexibility index (Phi) is 4.13. The van der Waals surface area contributed by atoms with E-state index in [1.54, 1.807) is 26.1 Å². The highest BCUT2D eigenvalue weighted by atomic mass is 79.9. The van der Waals surface area contributed by atoms with Crippen LogP contribution in [0.4, 0.5) is 5.69 Å². The van der Waals surface area contributed by atoms with Gasteiger partial charge in [-0.05, 0) is 25.1 Å². The van der Waals surface area contributed by atoms with Gasteiger partial charge in [-0.15, -0.1) is 0 Å². The van der Waals surface area contributed by atoms with Crippen molar-refractivity contribution in [2.24, 2.45) is 7.05 Å². The lowest BCUT2D eigenvalue weighted by Gasteiger charge is -2.09. The summed E-state index contributed by atoms with van der Waals surface area (Å²) >= 11 is 9.33. The predicted molar refractivity (Wildman–Crippen MR) is 82.4 cm³/mol. The van der Waals surface area contributed by atoms with E-state index >= 15 is 0 Å². The second kappa shape index (κ2) is 5.38. The van der Waals surface area contributed by atoms with Gasteiger partial charge < -0.3 is 5.73 Å². The van der Waals surface area contributed by atoms with Crippen LogP contribution < -0.4 is 5.73 Å². The third kappa shape index (κ3) is 2.84. The number of hydrogen-bond acceptors (Lipinski definition) is 4. The van der Waals surface area contributed by atoms with Crippen LogP contribution in [0, 0.1) is 6.92 Å². The van der Waals surface area contributed by atoms with Crippen molar-refractivity contribution in [1.82, 2.24) is 9.78 Å². The molecule has 0 atom stereocenters. The summed E-state index contributed by atoms with van der Waals surface area (Å²) in [6.07, 6.45) is 0. The summed E-state index contributed by atoms with van der Waals surface area (Å²) in [4.78, 5) is 0.0850. The zero-order valence-electron chi connectivity index (χ0n) is 10.9. The molecule has 20 heavy (non-hydrogen) atoms. The lowest BCUT2D eigenvalue weighted by Crippen LogP contribution is -2.11. The van der Waals surface area contributed by atoms with Crippen LogP contribution in [-0.4, -0.2) is 18.2 Å². The Hall–Kier alpha value is -1.05. The lowest BCUT2D eigenvalue weighted by atomic mass is 10.3. The van der Waals surface area contributed by atoms with Gasteiger partial charge in [0.05, 0.1) is 32.7 Å². The molecule has 0 bridgehead atoms. The van der Waals surface area contributed by atoms with Gasteiger partial charge in [0.2, 0.25) is 0 Å². The SMILES string of the molecule is Cc1nn(C)c(CS(=O)(=O)c2cc(Br)ccc2N)c1Cl. The first-order chi connectivity index (χ1) is 9.22. The van der Waals surface area contributed by atoms with Crippen LogP contribution in [-0.2, 0) is 22.6 Å². The minimum absolute atomic E-state index is 0.0850. The average molecular weight is 379 g/mol. The molecule has 0 aliphatic rings. The summed E-state index contributed by atoms with van der Waals surface area (Å²) in [5.74, 6) is -0.246. The standard InChI is InChI=1S/C12H13BrClN3O2S/c1-7-12(14)10(17(2)16-7)6-20(18,19)11-5-8(13)3-4-9(11)15/h3-5H,6,15H2,1-2H3. The van der Waals surface area contributed by atoms with Crippen LogP contribution in [0.1, 0.15) is 11.4 Å². The Labute approximate surface area is 130 Å². The van der Waals surface area contributed by atoms with Gasteiger partial charge in [0.15, 0.2) is 9.84 Å². The van der Waals surface area contributed by atoms with Crippen molar-refractivity contribution in [2.45, 2.75) is 17.6 Å². The molecule has 1 aromatic carbocycles. The summed E-state index contributed by atoms with van der Waals surface area (Å²) in [5.41, 5.74) is 7.01. The molecule has 2 rings (SSSR count). The van der Waals surface area contributed by atoms with Gasteiger partial charge in [-0.2, -0.15) is 5.10 Å². The highest BCUT2D eigenvalue weighted by Gasteiger charge is 2.23. The monoisotopic (exact) mass is 377 g/mol. The number of hydrogen-bond donors (Lipinski definition) is 1. The number of aryl methyl sites for hydroxylation is 2. The minimum Gasteiger partial charge on any atom is -0.398 e. The molecular formula is C12H13BrClN3O2S. The highest BCUT2D eigenvalue weighted by molar-refractivity contribution is 9.10. The van der Waals surface area contributed by atoms with E-state index in [4.69, 9.17) is 17.3 Å². The van der Waals surface area contributed by atoms with Gasteiger partial charge in [-0.1, -0.05) is 27.5 Å². The Morgan fingerprint density at radius 2 is 2.10 bits per heavy atom. The summed E-state index contributed by atoms with van der Waals surface area (Å²) < 4.78 is 27.1. The fourth-order valence-electron chi connectivity index (χ4n) is 1.87. The highest BCUT2D eigenvalue weighted by Crippen LogP contribution is 2.28. The summed E-state index contributed by atoms with van der Waals surface area (Å²) in [5, 5.41) is 4.47. The molecule has 0 unspecified atom stereocenters. The molecule has 2 aromatic rings. The van der Waals surface area contributed by atoms with E-state index in [1.165, 1.54) is 10.7 Å². The van der Waals surface area contributed by atoms with Crippen molar-refractivity contribution in [3.63, 3.8) is 0 Å². The number of benzene rings is 1. The Morgan fingerprint density at radius 1 is 1.45 bits per heavy atom.